The molecule has 2 rings (SSSR count). The number of halogens is 1. The van der Waals surface area contributed by atoms with Gasteiger partial charge in [0.2, 0.25) is 5.82 Å². The fraction of sp³-hybridized carbons (Fsp3) is 0.143. The highest BCUT2D eigenvalue weighted by molar-refractivity contribution is 5.52. The van der Waals surface area contributed by atoms with Gasteiger partial charge in [-0.2, -0.15) is 4.39 Å². The van der Waals surface area contributed by atoms with Crippen LogP contribution in [0, 0.1) is 22.9 Å². The van der Waals surface area contributed by atoms with Crippen molar-refractivity contribution in [1.29, 1.82) is 0 Å². The van der Waals surface area contributed by atoms with E-state index in [1.807, 2.05) is 31.2 Å². The number of hydrogen-bond acceptors (Lipinski definition) is 3. The first kappa shape index (κ1) is 13.0. The molecule has 5 heteroatoms. The van der Waals surface area contributed by atoms with Crippen LogP contribution in [0.15, 0.2) is 42.5 Å². The number of nitro groups is 1. The van der Waals surface area contributed by atoms with E-state index in [1.165, 1.54) is 12.1 Å². The van der Waals surface area contributed by atoms with Gasteiger partial charge in [0, 0.05) is 18.3 Å². The van der Waals surface area contributed by atoms with Gasteiger partial charge in [-0.25, -0.2) is 0 Å². The number of nitrogens with zero attached hydrogens (tertiary/aromatic N) is 1. The zero-order chi connectivity index (χ0) is 13.8. The first-order valence-corrected chi connectivity index (χ1v) is 5.80. The minimum Gasteiger partial charge on any atom is -0.381 e. The van der Waals surface area contributed by atoms with Gasteiger partial charge in [0.15, 0.2) is 0 Å². The van der Waals surface area contributed by atoms with E-state index >= 15 is 0 Å². The fourth-order valence-electron chi connectivity index (χ4n) is 1.77. The van der Waals surface area contributed by atoms with E-state index in [9.17, 15) is 14.5 Å². The Kier molecular flexibility index (Phi) is 3.75. The van der Waals surface area contributed by atoms with Crippen LogP contribution in [0.4, 0.5) is 15.8 Å². The molecule has 0 aromatic heterocycles. The first-order chi connectivity index (χ1) is 9.08. The predicted octanol–water partition coefficient (Wildman–Crippen LogP) is 3.65. The van der Waals surface area contributed by atoms with Crippen molar-refractivity contribution in [2.24, 2.45) is 0 Å². The zero-order valence-corrected chi connectivity index (χ0v) is 10.4. The number of rotatable bonds is 4. The summed E-state index contributed by atoms with van der Waals surface area (Å²) in [5.74, 6) is -0.827. The average molecular weight is 260 g/mol. The third kappa shape index (κ3) is 3.07. The molecule has 0 bridgehead atoms. The van der Waals surface area contributed by atoms with E-state index in [0.29, 0.717) is 12.2 Å². The van der Waals surface area contributed by atoms with Crippen LogP contribution in [-0.4, -0.2) is 4.92 Å². The monoisotopic (exact) mass is 260 g/mol. The van der Waals surface area contributed by atoms with Gasteiger partial charge in [0.25, 0.3) is 0 Å². The van der Waals surface area contributed by atoms with E-state index in [-0.39, 0.29) is 0 Å². The number of hydrogen-bond donors (Lipinski definition) is 1. The summed E-state index contributed by atoms with van der Waals surface area (Å²) in [6, 6.07) is 11.6. The molecule has 0 spiro atoms. The normalized spacial score (nSPS) is 10.2. The van der Waals surface area contributed by atoms with Gasteiger partial charge < -0.3 is 5.32 Å². The maximum Gasteiger partial charge on any atom is 0.306 e. The SMILES string of the molecule is Cc1ccccc1CNc1ccc(F)c([N+](=O)[O-])c1. The fourth-order valence-corrected chi connectivity index (χ4v) is 1.77. The topological polar surface area (TPSA) is 55.2 Å². The maximum atomic E-state index is 13.2. The Morgan fingerprint density at radius 2 is 2.00 bits per heavy atom. The summed E-state index contributed by atoms with van der Waals surface area (Å²) >= 11 is 0. The molecule has 0 radical (unpaired) electrons. The van der Waals surface area contributed by atoms with Crippen molar-refractivity contribution in [3.8, 4) is 0 Å². The lowest BCUT2D eigenvalue weighted by atomic mass is 10.1. The van der Waals surface area contributed by atoms with Crippen molar-refractivity contribution in [2.45, 2.75) is 13.5 Å². The van der Waals surface area contributed by atoms with Crippen LogP contribution in [0.1, 0.15) is 11.1 Å². The summed E-state index contributed by atoms with van der Waals surface area (Å²) in [4.78, 5) is 9.91. The predicted molar refractivity (Wildman–Crippen MR) is 71.6 cm³/mol. The molecule has 0 unspecified atom stereocenters. The van der Waals surface area contributed by atoms with Crippen LogP contribution < -0.4 is 5.32 Å². The van der Waals surface area contributed by atoms with Gasteiger partial charge in [-0.15, -0.1) is 0 Å². The van der Waals surface area contributed by atoms with Gasteiger partial charge in [0.05, 0.1) is 4.92 Å². The summed E-state index contributed by atoms with van der Waals surface area (Å²) in [6.45, 7) is 2.53. The molecule has 2 aromatic rings. The van der Waals surface area contributed by atoms with Crippen molar-refractivity contribution in [1.82, 2.24) is 0 Å². The molecule has 98 valence electrons. The van der Waals surface area contributed by atoms with Gasteiger partial charge in [-0.05, 0) is 30.2 Å². The van der Waals surface area contributed by atoms with Gasteiger partial charge in [-0.3, -0.25) is 10.1 Å². The molecule has 0 saturated carbocycles. The summed E-state index contributed by atoms with van der Waals surface area (Å²) in [7, 11) is 0. The highest BCUT2D eigenvalue weighted by Gasteiger charge is 2.14. The van der Waals surface area contributed by atoms with Gasteiger partial charge in [-0.1, -0.05) is 24.3 Å². The Bertz CT molecular complexity index is 614. The zero-order valence-electron chi connectivity index (χ0n) is 10.4. The van der Waals surface area contributed by atoms with E-state index in [4.69, 9.17) is 0 Å². The quantitative estimate of drug-likeness (QED) is 0.674. The molecule has 0 atom stereocenters. The van der Waals surface area contributed by atoms with E-state index in [1.54, 1.807) is 0 Å². The molecule has 19 heavy (non-hydrogen) atoms. The molecule has 0 saturated heterocycles. The molecular formula is C14H13FN2O2. The number of anilines is 1. The Morgan fingerprint density at radius 1 is 1.26 bits per heavy atom. The van der Waals surface area contributed by atoms with Crippen LogP contribution in [0.5, 0.6) is 0 Å². The van der Waals surface area contributed by atoms with Crippen LogP contribution in [0.2, 0.25) is 0 Å². The molecule has 0 heterocycles. The van der Waals surface area contributed by atoms with Gasteiger partial charge in [0.1, 0.15) is 0 Å². The highest BCUT2D eigenvalue weighted by atomic mass is 19.1. The minimum atomic E-state index is -0.827. The minimum absolute atomic E-state index is 0.519. The maximum absolute atomic E-state index is 13.2. The Labute approximate surface area is 110 Å². The summed E-state index contributed by atoms with van der Waals surface area (Å²) < 4.78 is 13.2. The second-order valence-electron chi connectivity index (χ2n) is 4.20. The Balaban J connectivity index is 2.14. The lowest BCUT2D eigenvalue weighted by Gasteiger charge is -2.08. The third-order valence-electron chi connectivity index (χ3n) is 2.89. The largest absolute Gasteiger partial charge is 0.381 e. The number of benzene rings is 2. The first-order valence-electron chi connectivity index (χ1n) is 5.80. The van der Waals surface area contributed by atoms with Crippen molar-refractivity contribution >= 4 is 11.4 Å². The van der Waals surface area contributed by atoms with Crippen molar-refractivity contribution in [2.75, 3.05) is 5.32 Å². The average Bonchev–Trinajstić information content (AvgIpc) is 2.39. The Morgan fingerprint density at radius 3 is 2.68 bits per heavy atom. The molecule has 0 aliphatic rings. The van der Waals surface area contributed by atoms with Crippen LogP contribution >= 0.6 is 0 Å². The number of nitro benzene ring substituents is 1. The molecule has 0 aliphatic carbocycles. The molecule has 1 N–H and O–H groups in total. The number of nitrogens with one attached hydrogen (secondary N) is 1. The van der Waals surface area contributed by atoms with E-state index in [0.717, 1.165) is 17.2 Å². The van der Waals surface area contributed by atoms with E-state index in [2.05, 4.69) is 5.32 Å². The van der Waals surface area contributed by atoms with Crippen molar-refractivity contribution in [3.63, 3.8) is 0 Å². The summed E-state index contributed by atoms with van der Waals surface area (Å²) in [5, 5.41) is 13.7. The van der Waals surface area contributed by atoms with Crippen LogP contribution in [0.3, 0.4) is 0 Å². The number of aryl methyl sites for hydroxylation is 1. The lowest BCUT2D eigenvalue weighted by Crippen LogP contribution is -2.02. The van der Waals surface area contributed by atoms with E-state index < -0.39 is 16.4 Å². The smallest absolute Gasteiger partial charge is 0.306 e. The van der Waals surface area contributed by atoms with Gasteiger partial charge >= 0.3 is 5.69 Å². The van der Waals surface area contributed by atoms with Crippen molar-refractivity contribution in [3.05, 3.63) is 69.5 Å². The summed E-state index contributed by atoms with van der Waals surface area (Å²) in [6.07, 6.45) is 0. The molecule has 2 aromatic carbocycles. The highest BCUT2D eigenvalue weighted by Crippen LogP contribution is 2.22. The molecule has 0 amide bonds. The molecule has 0 aliphatic heterocycles. The van der Waals surface area contributed by atoms with Crippen molar-refractivity contribution < 1.29 is 9.31 Å². The second-order valence-corrected chi connectivity index (χ2v) is 4.20. The molecule has 4 nitrogen and oxygen atoms in total. The summed E-state index contributed by atoms with van der Waals surface area (Å²) in [5.41, 5.74) is 2.23. The molecule has 0 fully saturated rings. The van der Waals surface area contributed by atoms with Crippen LogP contribution in [-0.2, 0) is 6.54 Å². The van der Waals surface area contributed by atoms with Crippen LogP contribution in [0.25, 0.3) is 0 Å². The standard InChI is InChI=1S/C14H13FN2O2/c1-10-4-2-3-5-11(10)9-16-12-6-7-13(15)14(8-12)17(18)19/h2-8,16H,9H2,1H3. The molecular weight excluding hydrogens is 247 g/mol. The second kappa shape index (κ2) is 5.48. The third-order valence-corrected chi connectivity index (χ3v) is 2.89. The Hall–Kier alpha value is -2.43. The lowest BCUT2D eigenvalue weighted by molar-refractivity contribution is -0.387.